The van der Waals surface area contributed by atoms with E-state index >= 15 is 0 Å². The Balaban J connectivity index is 2.39. The number of aromatic amines is 1. The molecule has 0 fully saturated rings. The smallest absolute Gasteiger partial charge is 0.260 e. The van der Waals surface area contributed by atoms with Gasteiger partial charge in [-0.2, -0.15) is 0 Å². The first-order chi connectivity index (χ1) is 6.24. The van der Waals surface area contributed by atoms with Crippen LogP contribution in [0.4, 0.5) is 5.00 Å². The average molecular weight is 201 g/mol. The number of hydrogen-bond donors (Lipinski definition) is 2. The van der Waals surface area contributed by atoms with E-state index < -0.39 is 0 Å². The molecule has 0 bridgehead atoms. The highest BCUT2D eigenvalue weighted by molar-refractivity contribution is 7.10. The van der Waals surface area contributed by atoms with Crippen molar-refractivity contribution in [2.24, 2.45) is 0 Å². The molecule has 1 aromatic heterocycles. The fraction of sp³-hybridized carbons (Fsp3) is 0.625. The number of nitrogens with one attached hydrogen (secondary N) is 2. The third kappa shape index (κ3) is 3.20. The molecule has 0 unspecified atom stereocenters. The highest BCUT2D eigenvalue weighted by Gasteiger charge is 2.02. The largest absolute Gasteiger partial charge is 0.365 e. The maximum Gasteiger partial charge on any atom is 0.260 e. The molecule has 0 saturated carbocycles. The van der Waals surface area contributed by atoms with Crippen LogP contribution in [0.5, 0.6) is 0 Å². The predicted octanol–water partition coefficient (Wildman–Crippen LogP) is 0.482. The zero-order chi connectivity index (χ0) is 9.68. The van der Waals surface area contributed by atoms with Crippen LogP contribution in [0.2, 0.25) is 0 Å². The second kappa shape index (κ2) is 5.04. The molecule has 4 nitrogen and oxygen atoms in total. The van der Waals surface area contributed by atoms with E-state index in [4.69, 9.17) is 0 Å². The van der Waals surface area contributed by atoms with Gasteiger partial charge < -0.3 is 10.2 Å². The lowest BCUT2D eigenvalue weighted by Crippen LogP contribution is -2.21. The first-order valence-electron chi connectivity index (χ1n) is 4.28. The van der Waals surface area contributed by atoms with Crippen molar-refractivity contribution < 1.29 is 0 Å². The molecule has 1 heterocycles. The van der Waals surface area contributed by atoms with E-state index in [2.05, 4.69) is 14.6 Å². The van der Waals surface area contributed by atoms with Crippen molar-refractivity contribution in [1.82, 2.24) is 9.69 Å². The van der Waals surface area contributed by atoms with E-state index in [1.807, 2.05) is 14.1 Å². The van der Waals surface area contributed by atoms with Gasteiger partial charge in [-0.05, 0) is 31.5 Å². The van der Waals surface area contributed by atoms with E-state index in [1.165, 1.54) is 11.5 Å². The van der Waals surface area contributed by atoms with Gasteiger partial charge in [0.25, 0.3) is 5.56 Å². The summed E-state index contributed by atoms with van der Waals surface area (Å²) < 4.78 is 2.67. The van der Waals surface area contributed by atoms with Gasteiger partial charge in [0.1, 0.15) is 5.00 Å². The monoisotopic (exact) mass is 201 g/mol. The summed E-state index contributed by atoms with van der Waals surface area (Å²) in [7, 11) is 3.93. The summed E-state index contributed by atoms with van der Waals surface area (Å²) in [6.07, 6.45) is 1.08. The average Bonchev–Trinajstić information content (AvgIpc) is 2.52. The van der Waals surface area contributed by atoms with Crippen LogP contribution in [0.1, 0.15) is 6.42 Å². The molecule has 74 valence electrons. The second-order valence-electron chi connectivity index (χ2n) is 2.93. The number of aromatic nitrogens is 1. The fourth-order valence-corrected chi connectivity index (χ4v) is 1.74. The molecular formula is C8H15N3OS. The van der Waals surface area contributed by atoms with E-state index in [1.54, 1.807) is 6.07 Å². The highest BCUT2D eigenvalue weighted by atomic mass is 32.1. The molecule has 0 aliphatic rings. The number of rotatable bonds is 5. The quantitative estimate of drug-likeness (QED) is 0.681. The summed E-state index contributed by atoms with van der Waals surface area (Å²) in [6, 6.07) is 1.63. The third-order valence-electron chi connectivity index (χ3n) is 1.81. The van der Waals surface area contributed by atoms with Crippen LogP contribution in [0, 0.1) is 0 Å². The number of H-pyrrole nitrogens is 1. The summed E-state index contributed by atoms with van der Waals surface area (Å²) in [4.78, 5) is 12.9. The van der Waals surface area contributed by atoms with Crippen LogP contribution >= 0.6 is 11.5 Å². The Bertz CT molecular complexity index is 294. The number of nitrogens with zero attached hydrogens (tertiary/aromatic N) is 1. The Labute approximate surface area is 81.7 Å². The molecule has 0 aliphatic heterocycles. The molecule has 13 heavy (non-hydrogen) atoms. The van der Waals surface area contributed by atoms with Gasteiger partial charge in [0.15, 0.2) is 0 Å². The van der Waals surface area contributed by atoms with Crippen molar-refractivity contribution >= 4 is 16.5 Å². The fourth-order valence-electron chi connectivity index (χ4n) is 1.06. The van der Waals surface area contributed by atoms with Gasteiger partial charge in [0.05, 0.1) is 0 Å². The van der Waals surface area contributed by atoms with E-state index in [9.17, 15) is 4.79 Å². The first-order valence-corrected chi connectivity index (χ1v) is 5.10. The van der Waals surface area contributed by atoms with Gasteiger partial charge in [-0.25, -0.2) is 0 Å². The molecule has 1 rings (SSSR count). The number of anilines is 1. The van der Waals surface area contributed by atoms with Crippen LogP contribution in [-0.4, -0.2) is 31.6 Å². The Morgan fingerprint density at radius 1 is 1.69 bits per heavy atom. The van der Waals surface area contributed by atoms with Crippen molar-refractivity contribution in [2.45, 2.75) is 6.42 Å². The molecule has 0 radical (unpaired) electrons. The van der Waals surface area contributed by atoms with Crippen molar-refractivity contribution in [3.63, 3.8) is 0 Å². The maximum atomic E-state index is 10.8. The van der Waals surface area contributed by atoms with E-state index in [0.717, 1.165) is 24.5 Å². The summed E-state index contributed by atoms with van der Waals surface area (Å²) in [5.74, 6) is 0. The van der Waals surface area contributed by atoms with Crippen LogP contribution < -0.4 is 15.8 Å². The minimum atomic E-state index is -0.0135. The third-order valence-corrected chi connectivity index (χ3v) is 2.75. The van der Waals surface area contributed by atoms with Gasteiger partial charge in [0.2, 0.25) is 0 Å². The first kappa shape index (κ1) is 10.3. The van der Waals surface area contributed by atoms with Crippen molar-refractivity contribution in [3.05, 3.63) is 16.4 Å². The molecule has 0 saturated heterocycles. The van der Waals surface area contributed by atoms with Crippen LogP contribution in [0.25, 0.3) is 0 Å². The summed E-state index contributed by atoms with van der Waals surface area (Å²) in [6.45, 7) is 1.97. The number of hydrogen-bond acceptors (Lipinski definition) is 4. The molecular weight excluding hydrogens is 186 g/mol. The van der Waals surface area contributed by atoms with Crippen LogP contribution in [0.3, 0.4) is 0 Å². The van der Waals surface area contributed by atoms with Crippen LogP contribution in [0.15, 0.2) is 10.9 Å². The Morgan fingerprint density at radius 3 is 3.00 bits per heavy atom. The van der Waals surface area contributed by atoms with E-state index in [0.29, 0.717) is 0 Å². The minimum Gasteiger partial charge on any atom is -0.365 e. The van der Waals surface area contributed by atoms with Gasteiger partial charge in [-0.3, -0.25) is 9.17 Å². The molecule has 1 aromatic rings. The normalized spacial score (nSPS) is 10.3. The summed E-state index contributed by atoms with van der Waals surface area (Å²) in [5, 5.41) is 4.09. The standard InChI is InChI=1S/C8H15N3OS/c1-9-4-3-5-11(2)8-6-7(12)10-13-8/h6,9H,3-5H2,1-2H3,(H,10,12). The molecule has 2 N–H and O–H groups in total. The lowest BCUT2D eigenvalue weighted by atomic mass is 10.4. The Hall–Kier alpha value is -0.810. The van der Waals surface area contributed by atoms with Gasteiger partial charge in [0, 0.05) is 19.7 Å². The Kier molecular flexibility index (Phi) is 3.98. The van der Waals surface area contributed by atoms with Crippen molar-refractivity contribution in [1.29, 1.82) is 0 Å². The SMILES string of the molecule is CNCCCN(C)c1cc(=O)[nH]s1. The Morgan fingerprint density at radius 2 is 2.46 bits per heavy atom. The molecule has 0 aromatic carbocycles. The predicted molar refractivity (Wildman–Crippen MR) is 56.8 cm³/mol. The van der Waals surface area contributed by atoms with E-state index in [-0.39, 0.29) is 5.56 Å². The zero-order valence-corrected chi connectivity index (χ0v) is 8.78. The molecule has 0 spiro atoms. The maximum absolute atomic E-state index is 10.8. The van der Waals surface area contributed by atoms with Gasteiger partial charge in [-0.15, -0.1) is 0 Å². The topological polar surface area (TPSA) is 48.1 Å². The molecule has 0 atom stereocenters. The summed E-state index contributed by atoms with van der Waals surface area (Å²) >= 11 is 1.38. The lowest BCUT2D eigenvalue weighted by molar-refractivity contribution is 0.715. The highest BCUT2D eigenvalue weighted by Crippen LogP contribution is 2.13. The van der Waals surface area contributed by atoms with Gasteiger partial charge >= 0.3 is 0 Å². The van der Waals surface area contributed by atoms with Crippen molar-refractivity contribution in [3.8, 4) is 0 Å². The molecule has 0 aliphatic carbocycles. The second-order valence-corrected chi connectivity index (χ2v) is 3.76. The molecule has 0 amide bonds. The zero-order valence-electron chi connectivity index (χ0n) is 7.96. The van der Waals surface area contributed by atoms with Crippen LogP contribution in [-0.2, 0) is 0 Å². The lowest BCUT2D eigenvalue weighted by Gasteiger charge is -2.15. The summed E-state index contributed by atoms with van der Waals surface area (Å²) in [5.41, 5.74) is -0.0135. The molecule has 5 heteroatoms. The minimum absolute atomic E-state index is 0.0135. The van der Waals surface area contributed by atoms with Gasteiger partial charge in [-0.1, -0.05) is 0 Å². The van der Waals surface area contributed by atoms with Crippen molar-refractivity contribution in [2.75, 3.05) is 32.1 Å².